The smallest absolute Gasteiger partial charge is 0.227 e. The van der Waals surface area contributed by atoms with Crippen molar-refractivity contribution in [3.8, 4) is 22.9 Å². The van der Waals surface area contributed by atoms with Crippen molar-refractivity contribution < 1.29 is 18.8 Å². The SMILES string of the molecule is CCCCCc1ccc(NC(=O)CCc2nc(-c3ccc(OC)c(OC)c3)no2)cc1. The van der Waals surface area contributed by atoms with E-state index in [2.05, 4.69) is 34.5 Å². The van der Waals surface area contributed by atoms with Gasteiger partial charge in [0.2, 0.25) is 17.6 Å². The maximum absolute atomic E-state index is 12.3. The number of aryl methyl sites for hydroxylation is 2. The molecule has 2 aromatic carbocycles. The average molecular weight is 424 g/mol. The molecule has 0 spiro atoms. The van der Waals surface area contributed by atoms with Crippen LogP contribution in [-0.2, 0) is 17.6 Å². The molecule has 7 heteroatoms. The summed E-state index contributed by atoms with van der Waals surface area (Å²) < 4.78 is 15.8. The summed E-state index contributed by atoms with van der Waals surface area (Å²) in [6.07, 6.45) is 5.33. The minimum Gasteiger partial charge on any atom is -0.493 e. The van der Waals surface area contributed by atoms with Gasteiger partial charge in [-0.15, -0.1) is 0 Å². The molecule has 0 saturated heterocycles. The summed E-state index contributed by atoms with van der Waals surface area (Å²) >= 11 is 0. The lowest BCUT2D eigenvalue weighted by Gasteiger charge is -2.07. The number of rotatable bonds is 11. The molecule has 164 valence electrons. The summed E-state index contributed by atoms with van der Waals surface area (Å²) in [6.45, 7) is 2.20. The fourth-order valence-corrected chi connectivity index (χ4v) is 3.23. The van der Waals surface area contributed by atoms with Crippen LogP contribution in [0.2, 0.25) is 0 Å². The molecular weight excluding hydrogens is 394 g/mol. The van der Waals surface area contributed by atoms with E-state index in [1.54, 1.807) is 26.4 Å². The van der Waals surface area contributed by atoms with E-state index in [9.17, 15) is 4.79 Å². The van der Waals surface area contributed by atoms with E-state index in [-0.39, 0.29) is 12.3 Å². The second-order valence-corrected chi connectivity index (χ2v) is 7.28. The van der Waals surface area contributed by atoms with Crippen LogP contribution in [0.15, 0.2) is 47.0 Å². The topological polar surface area (TPSA) is 86.5 Å². The van der Waals surface area contributed by atoms with Crippen molar-refractivity contribution in [2.75, 3.05) is 19.5 Å². The lowest BCUT2D eigenvalue weighted by molar-refractivity contribution is -0.116. The van der Waals surface area contributed by atoms with Gasteiger partial charge in [-0.25, -0.2) is 0 Å². The van der Waals surface area contributed by atoms with Crippen molar-refractivity contribution in [1.29, 1.82) is 0 Å². The van der Waals surface area contributed by atoms with Crippen LogP contribution in [0.3, 0.4) is 0 Å². The molecule has 0 saturated carbocycles. The Kier molecular flexibility index (Phi) is 8.04. The summed E-state index contributed by atoms with van der Waals surface area (Å²) in [5.74, 6) is 1.97. The molecule has 0 unspecified atom stereocenters. The molecule has 0 bridgehead atoms. The number of anilines is 1. The summed E-state index contributed by atoms with van der Waals surface area (Å²) in [5.41, 5.74) is 2.83. The number of carbonyl (C=O) groups excluding carboxylic acids is 1. The number of ether oxygens (including phenoxy) is 2. The quantitative estimate of drug-likeness (QED) is 0.434. The van der Waals surface area contributed by atoms with Crippen LogP contribution in [0.25, 0.3) is 11.4 Å². The van der Waals surface area contributed by atoms with Gasteiger partial charge >= 0.3 is 0 Å². The van der Waals surface area contributed by atoms with Crippen LogP contribution in [-0.4, -0.2) is 30.3 Å². The lowest BCUT2D eigenvalue weighted by Crippen LogP contribution is -2.12. The zero-order valence-corrected chi connectivity index (χ0v) is 18.3. The van der Waals surface area contributed by atoms with Gasteiger partial charge in [-0.05, 0) is 48.7 Å². The van der Waals surface area contributed by atoms with Gasteiger partial charge in [0.25, 0.3) is 0 Å². The van der Waals surface area contributed by atoms with Crippen LogP contribution in [0.5, 0.6) is 11.5 Å². The zero-order valence-electron chi connectivity index (χ0n) is 18.3. The molecular formula is C24H29N3O4. The number of amides is 1. The van der Waals surface area contributed by atoms with Crippen molar-refractivity contribution in [2.24, 2.45) is 0 Å². The minimum atomic E-state index is -0.0930. The zero-order chi connectivity index (χ0) is 22.1. The maximum atomic E-state index is 12.3. The number of carbonyl (C=O) groups is 1. The average Bonchev–Trinajstić information content (AvgIpc) is 3.27. The van der Waals surface area contributed by atoms with E-state index < -0.39 is 0 Å². The van der Waals surface area contributed by atoms with Crippen LogP contribution < -0.4 is 14.8 Å². The van der Waals surface area contributed by atoms with Gasteiger partial charge in [-0.2, -0.15) is 4.98 Å². The molecule has 0 aliphatic rings. The maximum Gasteiger partial charge on any atom is 0.227 e. The fraction of sp³-hybridized carbons (Fsp3) is 0.375. The first-order valence-electron chi connectivity index (χ1n) is 10.6. The molecule has 7 nitrogen and oxygen atoms in total. The molecule has 0 atom stereocenters. The Balaban J connectivity index is 1.52. The van der Waals surface area contributed by atoms with Crippen molar-refractivity contribution in [3.63, 3.8) is 0 Å². The lowest BCUT2D eigenvalue weighted by atomic mass is 10.1. The Bertz CT molecular complexity index is 983. The molecule has 3 aromatic rings. The Labute approximate surface area is 182 Å². The summed E-state index contributed by atoms with van der Waals surface area (Å²) in [4.78, 5) is 16.7. The first-order valence-corrected chi connectivity index (χ1v) is 10.6. The summed E-state index contributed by atoms with van der Waals surface area (Å²) in [5, 5.41) is 6.92. The highest BCUT2D eigenvalue weighted by Gasteiger charge is 2.13. The Morgan fingerprint density at radius 3 is 2.48 bits per heavy atom. The first-order chi connectivity index (χ1) is 15.1. The van der Waals surface area contributed by atoms with Gasteiger partial charge in [0.15, 0.2) is 11.5 Å². The fourth-order valence-electron chi connectivity index (χ4n) is 3.23. The first kappa shape index (κ1) is 22.3. The number of nitrogens with one attached hydrogen (secondary N) is 1. The summed E-state index contributed by atoms with van der Waals surface area (Å²) in [7, 11) is 3.15. The number of methoxy groups -OCH3 is 2. The van der Waals surface area contributed by atoms with Gasteiger partial charge in [-0.3, -0.25) is 4.79 Å². The molecule has 0 aliphatic carbocycles. The molecule has 1 aromatic heterocycles. The number of hydrogen-bond donors (Lipinski definition) is 1. The predicted octanol–water partition coefficient (Wildman–Crippen LogP) is 5.06. The molecule has 31 heavy (non-hydrogen) atoms. The molecule has 0 fully saturated rings. The van der Waals surface area contributed by atoms with Gasteiger partial charge in [0, 0.05) is 24.1 Å². The number of nitrogens with zero attached hydrogens (tertiary/aromatic N) is 2. The van der Waals surface area contributed by atoms with Gasteiger partial charge in [0.1, 0.15) is 0 Å². The van der Waals surface area contributed by atoms with Crippen molar-refractivity contribution >= 4 is 11.6 Å². The minimum absolute atomic E-state index is 0.0930. The Morgan fingerprint density at radius 1 is 1.00 bits per heavy atom. The Hall–Kier alpha value is -3.35. The second kappa shape index (κ2) is 11.2. The largest absolute Gasteiger partial charge is 0.493 e. The number of benzene rings is 2. The number of aromatic nitrogens is 2. The van der Waals surface area contributed by atoms with Crippen molar-refractivity contribution in [2.45, 2.75) is 45.4 Å². The third kappa shape index (κ3) is 6.31. The van der Waals surface area contributed by atoms with Crippen molar-refractivity contribution in [1.82, 2.24) is 10.1 Å². The highest BCUT2D eigenvalue weighted by Crippen LogP contribution is 2.31. The van der Waals surface area contributed by atoms with E-state index in [0.29, 0.717) is 29.6 Å². The van der Waals surface area contributed by atoms with E-state index >= 15 is 0 Å². The standard InChI is InChI=1S/C24H29N3O4/c1-4-5-6-7-17-8-11-19(12-9-17)25-22(28)14-15-23-26-24(27-31-23)18-10-13-20(29-2)21(16-18)30-3/h8-13,16H,4-7,14-15H2,1-3H3,(H,25,28). The number of hydrogen-bond acceptors (Lipinski definition) is 6. The van der Waals surface area contributed by atoms with Crippen LogP contribution in [0, 0.1) is 0 Å². The second-order valence-electron chi connectivity index (χ2n) is 7.28. The van der Waals surface area contributed by atoms with Gasteiger partial charge in [-0.1, -0.05) is 37.1 Å². The molecule has 1 heterocycles. The van der Waals surface area contributed by atoms with Crippen LogP contribution in [0.4, 0.5) is 5.69 Å². The molecule has 1 N–H and O–H groups in total. The van der Waals surface area contributed by atoms with Crippen LogP contribution in [0.1, 0.15) is 44.1 Å². The normalized spacial score (nSPS) is 10.7. The van der Waals surface area contributed by atoms with Crippen molar-refractivity contribution in [3.05, 3.63) is 53.9 Å². The monoisotopic (exact) mass is 423 g/mol. The third-order valence-corrected chi connectivity index (χ3v) is 4.98. The van der Waals surface area contributed by atoms with Gasteiger partial charge in [0.05, 0.1) is 14.2 Å². The van der Waals surface area contributed by atoms with E-state index in [4.69, 9.17) is 14.0 Å². The molecule has 1 amide bonds. The molecule has 0 radical (unpaired) electrons. The van der Waals surface area contributed by atoms with E-state index in [1.807, 2.05) is 18.2 Å². The van der Waals surface area contributed by atoms with Crippen LogP contribution >= 0.6 is 0 Å². The van der Waals surface area contributed by atoms with E-state index in [1.165, 1.54) is 24.8 Å². The predicted molar refractivity (Wildman–Crippen MR) is 119 cm³/mol. The molecule has 0 aliphatic heterocycles. The van der Waals surface area contributed by atoms with Gasteiger partial charge < -0.3 is 19.3 Å². The highest BCUT2D eigenvalue weighted by molar-refractivity contribution is 5.90. The Morgan fingerprint density at radius 2 is 1.77 bits per heavy atom. The highest BCUT2D eigenvalue weighted by atomic mass is 16.5. The van der Waals surface area contributed by atoms with E-state index in [0.717, 1.165) is 17.7 Å². The molecule has 3 rings (SSSR count). The number of unbranched alkanes of at least 4 members (excludes halogenated alkanes) is 2. The summed E-state index contributed by atoms with van der Waals surface area (Å²) in [6, 6.07) is 13.4. The third-order valence-electron chi connectivity index (χ3n) is 4.98.